The average Bonchev–Trinajstić information content (AvgIpc) is 3.19. The predicted octanol–water partition coefficient (Wildman–Crippen LogP) is 4.27. The smallest absolute Gasteiger partial charge is 0.245 e. The van der Waals surface area contributed by atoms with Gasteiger partial charge in [0.15, 0.2) is 0 Å². The van der Waals surface area contributed by atoms with Gasteiger partial charge in [-0.3, -0.25) is 0 Å². The molecule has 146 valence electrons. The Balaban J connectivity index is 1.66. The number of nitrogens with zero attached hydrogens (tertiary/aromatic N) is 3. The maximum absolute atomic E-state index is 13.2. The highest BCUT2D eigenvalue weighted by Gasteiger charge is 2.37. The predicted molar refractivity (Wildman–Crippen MR) is 106 cm³/mol. The number of benzene rings is 2. The molecule has 2 heterocycles. The molecule has 6 nitrogen and oxygen atoms in total. The molecular weight excluding hydrogens is 374 g/mol. The van der Waals surface area contributed by atoms with Crippen molar-refractivity contribution >= 4 is 10.0 Å². The number of aryl methyl sites for hydroxylation is 2. The second-order valence-corrected chi connectivity index (χ2v) is 9.15. The second-order valence-electron chi connectivity index (χ2n) is 7.26. The van der Waals surface area contributed by atoms with E-state index in [0.717, 1.165) is 29.5 Å². The summed E-state index contributed by atoms with van der Waals surface area (Å²) in [4.78, 5) is 4.82. The van der Waals surface area contributed by atoms with Crippen LogP contribution in [0.5, 0.6) is 0 Å². The fraction of sp³-hybridized carbons (Fsp3) is 0.333. The summed E-state index contributed by atoms with van der Waals surface area (Å²) in [6.07, 6.45) is 2.41. The van der Waals surface area contributed by atoms with Gasteiger partial charge < -0.3 is 4.52 Å². The average molecular weight is 398 g/mol. The molecule has 3 aromatic rings. The van der Waals surface area contributed by atoms with Crippen LogP contribution in [-0.2, 0) is 10.0 Å². The van der Waals surface area contributed by atoms with Gasteiger partial charge in [0.1, 0.15) is 6.04 Å². The lowest BCUT2D eigenvalue weighted by Gasteiger charge is -2.32. The minimum Gasteiger partial charge on any atom is -0.337 e. The van der Waals surface area contributed by atoms with E-state index in [-0.39, 0.29) is 0 Å². The van der Waals surface area contributed by atoms with Crippen LogP contribution in [0.1, 0.15) is 42.3 Å². The first-order valence-electron chi connectivity index (χ1n) is 9.44. The number of aromatic nitrogens is 2. The number of hydrogen-bond acceptors (Lipinski definition) is 5. The van der Waals surface area contributed by atoms with Crippen LogP contribution in [0.2, 0.25) is 0 Å². The lowest BCUT2D eigenvalue weighted by atomic mass is 10.1. The molecule has 0 saturated carbocycles. The van der Waals surface area contributed by atoms with Crippen LogP contribution in [0.3, 0.4) is 0 Å². The van der Waals surface area contributed by atoms with Crippen molar-refractivity contribution in [3.63, 3.8) is 0 Å². The quantitative estimate of drug-likeness (QED) is 0.657. The van der Waals surface area contributed by atoms with Crippen molar-refractivity contribution in [3.05, 3.63) is 65.5 Å². The highest BCUT2D eigenvalue weighted by atomic mass is 32.2. The molecule has 28 heavy (non-hydrogen) atoms. The van der Waals surface area contributed by atoms with Gasteiger partial charge in [-0.1, -0.05) is 59.1 Å². The summed E-state index contributed by atoms with van der Waals surface area (Å²) in [5.41, 5.74) is 3.02. The molecule has 1 fully saturated rings. The number of rotatable bonds is 4. The zero-order valence-corrected chi connectivity index (χ0v) is 16.8. The fourth-order valence-electron chi connectivity index (χ4n) is 3.48. The Morgan fingerprint density at radius 1 is 0.964 bits per heavy atom. The molecule has 1 aromatic heterocycles. The van der Waals surface area contributed by atoms with Gasteiger partial charge in [-0.2, -0.15) is 9.29 Å². The molecule has 1 saturated heterocycles. The standard InChI is InChI=1S/C21H23N3O3S/c1-15-6-10-17(11-7-15)20-22-21(27-23-20)19-5-3-4-14-24(19)28(25,26)18-12-8-16(2)9-13-18/h6-13,19H,3-5,14H2,1-2H3. The molecule has 4 rings (SSSR count). The van der Waals surface area contributed by atoms with E-state index in [1.807, 2.05) is 50.2 Å². The Morgan fingerprint density at radius 3 is 2.29 bits per heavy atom. The first-order chi connectivity index (χ1) is 13.4. The normalized spacial score (nSPS) is 18.3. The van der Waals surface area contributed by atoms with Crippen molar-refractivity contribution in [2.24, 2.45) is 0 Å². The zero-order valence-electron chi connectivity index (χ0n) is 16.0. The molecule has 0 aliphatic carbocycles. The largest absolute Gasteiger partial charge is 0.337 e. The van der Waals surface area contributed by atoms with Crippen molar-refractivity contribution in [2.75, 3.05) is 6.54 Å². The van der Waals surface area contributed by atoms with E-state index in [1.165, 1.54) is 4.31 Å². The minimum atomic E-state index is -3.63. The van der Waals surface area contributed by atoms with Gasteiger partial charge in [0.2, 0.25) is 21.7 Å². The highest BCUT2D eigenvalue weighted by Crippen LogP contribution is 2.35. The first kappa shape index (κ1) is 18.8. The van der Waals surface area contributed by atoms with Crippen LogP contribution in [0.4, 0.5) is 0 Å². The molecule has 0 spiro atoms. The third-order valence-corrected chi connectivity index (χ3v) is 7.04. The van der Waals surface area contributed by atoms with E-state index in [9.17, 15) is 8.42 Å². The van der Waals surface area contributed by atoms with E-state index < -0.39 is 16.1 Å². The van der Waals surface area contributed by atoms with Gasteiger partial charge in [-0.25, -0.2) is 8.42 Å². The van der Waals surface area contributed by atoms with E-state index in [2.05, 4.69) is 10.1 Å². The van der Waals surface area contributed by atoms with Gasteiger partial charge in [-0.15, -0.1) is 0 Å². The van der Waals surface area contributed by atoms with E-state index >= 15 is 0 Å². The number of hydrogen-bond donors (Lipinski definition) is 0. The van der Waals surface area contributed by atoms with E-state index in [0.29, 0.717) is 29.6 Å². The summed E-state index contributed by atoms with van der Waals surface area (Å²) in [5, 5.41) is 4.08. The third kappa shape index (κ3) is 3.59. The molecule has 0 N–H and O–H groups in total. The van der Waals surface area contributed by atoms with Crippen molar-refractivity contribution in [3.8, 4) is 11.4 Å². The van der Waals surface area contributed by atoms with E-state index in [4.69, 9.17) is 4.52 Å². The lowest BCUT2D eigenvalue weighted by Crippen LogP contribution is -2.38. The Kier molecular flexibility index (Phi) is 5.03. The highest BCUT2D eigenvalue weighted by molar-refractivity contribution is 7.89. The molecule has 0 bridgehead atoms. The summed E-state index contributed by atoms with van der Waals surface area (Å²) in [5.74, 6) is 0.833. The lowest BCUT2D eigenvalue weighted by molar-refractivity contribution is 0.204. The van der Waals surface area contributed by atoms with Gasteiger partial charge in [-0.05, 0) is 38.8 Å². The topological polar surface area (TPSA) is 76.3 Å². The Labute approximate surface area is 165 Å². The third-order valence-electron chi connectivity index (χ3n) is 5.12. The van der Waals surface area contributed by atoms with Gasteiger partial charge in [0.05, 0.1) is 4.90 Å². The van der Waals surface area contributed by atoms with Crippen molar-refractivity contribution in [1.29, 1.82) is 0 Å². The molecule has 2 aromatic carbocycles. The van der Waals surface area contributed by atoms with Crippen LogP contribution < -0.4 is 0 Å². The summed E-state index contributed by atoms with van der Waals surface area (Å²) < 4.78 is 33.5. The van der Waals surface area contributed by atoms with Crippen LogP contribution in [0.15, 0.2) is 57.9 Å². The van der Waals surface area contributed by atoms with Gasteiger partial charge in [0.25, 0.3) is 0 Å². The van der Waals surface area contributed by atoms with Crippen molar-refractivity contribution in [1.82, 2.24) is 14.4 Å². The van der Waals surface area contributed by atoms with Gasteiger partial charge >= 0.3 is 0 Å². The number of piperidine rings is 1. The summed E-state index contributed by atoms with van der Waals surface area (Å²) in [7, 11) is -3.63. The first-order valence-corrected chi connectivity index (χ1v) is 10.9. The maximum Gasteiger partial charge on any atom is 0.245 e. The summed E-state index contributed by atoms with van der Waals surface area (Å²) >= 11 is 0. The molecule has 0 amide bonds. The molecular formula is C21H23N3O3S. The molecule has 7 heteroatoms. The SMILES string of the molecule is Cc1ccc(-c2noc(C3CCCCN3S(=O)(=O)c3ccc(C)cc3)n2)cc1. The molecule has 1 aliphatic rings. The number of sulfonamides is 1. The van der Waals surface area contributed by atoms with E-state index in [1.54, 1.807) is 12.1 Å². The van der Waals surface area contributed by atoms with Crippen LogP contribution >= 0.6 is 0 Å². The summed E-state index contributed by atoms with van der Waals surface area (Å²) in [6, 6.07) is 14.3. The molecule has 0 radical (unpaired) electrons. The van der Waals surface area contributed by atoms with Crippen LogP contribution in [0, 0.1) is 13.8 Å². The zero-order chi connectivity index (χ0) is 19.7. The maximum atomic E-state index is 13.2. The van der Waals surface area contributed by atoms with Crippen LogP contribution in [-0.4, -0.2) is 29.4 Å². The Hall–Kier alpha value is -2.51. The Morgan fingerprint density at radius 2 is 1.61 bits per heavy atom. The summed E-state index contributed by atoms with van der Waals surface area (Å²) in [6.45, 7) is 4.40. The Bertz CT molecular complexity index is 1060. The minimum absolute atomic E-state index is 0.295. The molecule has 1 aliphatic heterocycles. The van der Waals surface area contributed by atoms with Gasteiger partial charge in [0, 0.05) is 12.1 Å². The fourth-order valence-corrected chi connectivity index (χ4v) is 5.13. The molecule has 1 unspecified atom stereocenters. The van der Waals surface area contributed by atoms with Crippen molar-refractivity contribution in [2.45, 2.75) is 44.0 Å². The van der Waals surface area contributed by atoms with Crippen molar-refractivity contribution < 1.29 is 12.9 Å². The second kappa shape index (κ2) is 7.48. The monoisotopic (exact) mass is 397 g/mol. The van der Waals surface area contributed by atoms with Crippen LogP contribution in [0.25, 0.3) is 11.4 Å². The molecule has 1 atom stereocenters.